The van der Waals surface area contributed by atoms with Gasteiger partial charge >= 0.3 is 12.0 Å². The molecule has 2 rings (SSSR count). The van der Waals surface area contributed by atoms with Crippen molar-refractivity contribution in [1.82, 2.24) is 10.2 Å². The molecule has 2 fully saturated rings. The standard InChI is InChI=1S/C15H26N2O3/c1-2-17(13-6-4-3-5-7-13)15(20)16-12-9-8-11(10-12)14(18)19/h11-13H,2-10H2,1H3,(H,16,20)(H,18,19)/t11-,12+/m1/s1. The van der Waals surface area contributed by atoms with E-state index in [0.29, 0.717) is 18.9 Å². The lowest BCUT2D eigenvalue weighted by Crippen LogP contribution is -2.49. The number of hydrogen-bond donors (Lipinski definition) is 2. The van der Waals surface area contributed by atoms with Crippen LogP contribution in [-0.2, 0) is 4.79 Å². The van der Waals surface area contributed by atoms with Crippen LogP contribution in [0.3, 0.4) is 0 Å². The van der Waals surface area contributed by atoms with Crippen molar-refractivity contribution >= 4 is 12.0 Å². The number of hydrogen-bond acceptors (Lipinski definition) is 2. The molecule has 2 amide bonds. The highest BCUT2D eigenvalue weighted by atomic mass is 16.4. The predicted octanol–water partition coefficient (Wildman–Crippen LogP) is 2.60. The van der Waals surface area contributed by atoms with Crippen molar-refractivity contribution in [2.45, 2.75) is 70.4 Å². The Balaban J connectivity index is 1.85. The number of amides is 2. The number of carbonyl (C=O) groups is 2. The van der Waals surface area contributed by atoms with Crippen LogP contribution in [0.4, 0.5) is 4.79 Å². The third kappa shape index (κ3) is 3.64. The molecule has 0 aromatic carbocycles. The summed E-state index contributed by atoms with van der Waals surface area (Å²) in [5, 5.41) is 12.0. The van der Waals surface area contributed by atoms with E-state index in [1.807, 2.05) is 11.8 Å². The van der Waals surface area contributed by atoms with Crippen molar-refractivity contribution in [3.05, 3.63) is 0 Å². The maximum Gasteiger partial charge on any atom is 0.317 e. The molecular formula is C15H26N2O3. The van der Waals surface area contributed by atoms with Crippen molar-refractivity contribution in [1.29, 1.82) is 0 Å². The second kappa shape index (κ2) is 6.95. The molecule has 0 aliphatic heterocycles. The molecule has 0 heterocycles. The molecule has 0 unspecified atom stereocenters. The van der Waals surface area contributed by atoms with Crippen molar-refractivity contribution in [3.8, 4) is 0 Å². The first-order chi connectivity index (χ1) is 9.61. The molecule has 2 aliphatic carbocycles. The lowest BCUT2D eigenvalue weighted by atomic mass is 9.94. The number of carboxylic acids is 1. The average molecular weight is 282 g/mol. The number of nitrogens with one attached hydrogen (secondary N) is 1. The van der Waals surface area contributed by atoms with Gasteiger partial charge in [-0.25, -0.2) is 4.79 Å². The van der Waals surface area contributed by atoms with Gasteiger partial charge in [-0.2, -0.15) is 0 Å². The molecule has 5 nitrogen and oxygen atoms in total. The van der Waals surface area contributed by atoms with Gasteiger partial charge in [0.15, 0.2) is 0 Å². The Morgan fingerprint density at radius 2 is 1.85 bits per heavy atom. The number of aliphatic carboxylic acids is 1. The lowest BCUT2D eigenvalue weighted by molar-refractivity contribution is -0.141. The number of rotatable bonds is 4. The minimum absolute atomic E-state index is 0.00422. The monoisotopic (exact) mass is 282 g/mol. The predicted molar refractivity (Wildman–Crippen MR) is 76.5 cm³/mol. The van der Waals surface area contributed by atoms with Gasteiger partial charge in [-0.1, -0.05) is 19.3 Å². The fourth-order valence-electron chi connectivity index (χ4n) is 3.55. The topological polar surface area (TPSA) is 69.6 Å². The molecule has 2 N–H and O–H groups in total. The quantitative estimate of drug-likeness (QED) is 0.832. The summed E-state index contributed by atoms with van der Waals surface area (Å²) in [6, 6.07) is 0.391. The van der Waals surface area contributed by atoms with Crippen LogP contribution in [0.5, 0.6) is 0 Å². The smallest absolute Gasteiger partial charge is 0.317 e. The van der Waals surface area contributed by atoms with Crippen molar-refractivity contribution in [3.63, 3.8) is 0 Å². The molecule has 0 bridgehead atoms. The van der Waals surface area contributed by atoms with E-state index >= 15 is 0 Å². The molecule has 2 saturated carbocycles. The Kier molecular flexibility index (Phi) is 5.26. The first-order valence-corrected chi connectivity index (χ1v) is 7.91. The largest absolute Gasteiger partial charge is 0.481 e. The fraction of sp³-hybridized carbons (Fsp3) is 0.867. The van der Waals surface area contributed by atoms with Crippen molar-refractivity contribution in [2.24, 2.45) is 5.92 Å². The van der Waals surface area contributed by atoms with Gasteiger partial charge in [-0.15, -0.1) is 0 Å². The minimum atomic E-state index is -0.735. The van der Waals surface area contributed by atoms with E-state index < -0.39 is 5.97 Å². The fourth-order valence-corrected chi connectivity index (χ4v) is 3.55. The van der Waals surface area contributed by atoms with Crippen LogP contribution in [0.1, 0.15) is 58.3 Å². The summed E-state index contributed by atoms with van der Waals surface area (Å²) in [5.41, 5.74) is 0. The summed E-state index contributed by atoms with van der Waals surface area (Å²) in [7, 11) is 0. The molecule has 5 heteroatoms. The average Bonchev–Trinajstić information content (AvgIpc) is 2.89. The summed E-state index contributed by atoms with van der Waals surface area (Å²) >= 11 is 0. The highest BCUT2D eigenvalue weighted by Crippen LogP contribution is 2.27. The van der Waals surface area contributed by atoms with Crippen molar-refractivity contribution in [2.75, 3.05) is 6.54 Å². The second-order valence-corrected chi connectivity index (χ2v) is 6.07. The Bertz CT molecular complexity index is 353. The van der Waals surface area contributed by atoms with E-state index in [9.17, 15) is 9.59 Å². The molecule has 20 heavy (non-hydrogen) atoms. The Morgan fingerprint density at radius 3 is 2.40 bits per heavy atom. The van der Waals surface area contributed by atoms with E-state index in [0.717, 1.165) is 25.8 Å². The van der Waals surface area contributed by atoms with Crippen molar-refractivity contribution < 1.29 is 14.7 Å². The summed E-state index contributed by atoms with van der Waals surface area (Å²) in [6.07, 6.45) is 7.92. The Hall–Kier alpha value is -1.26. The molecule has 0 radical (unpaired) electrons. The van der Waals surface area contributed by atoms with E-state index in [4.69, 9.17) is 5.11 Å². The van der Waals surface area contributed by atoms with Crippen LogP contribution >= 0.6 is 0 Å². The lowest BCUT2D eigenvalue weighted by Gasteiger charge is -2.34. The molecule has 0 spiro atoms. The molecular weight excluding hydrogens is 256 g/mol. The number of carboxylic acid groups (broad SMARTS) is 1. The zero-order valence-corrected chi connectivity index (χ0v) is 12.3. The van der Waals surface area contributed by atoms with Crippen LogP contribution in [0.25, 0.3) is 0 Å². The van der Waals surface area contributed by atoms with Crippen LogP contribution < -0.4 is 5.32 Å². The van der Waals surface area contributed by atoms with Crippen LogP contribution in [0, 0.1) is 5.92 Å². The van der Waals surface area contributed by atoms with Gasteiger partial charge in [-0.3, -0.25) is 4.79 Å². The maximum absolute atomic E-state index is 12.4. The normalized spacial score (nSPS) is 27.2. The molecule has 114 valence electrons. The van der Waals surface area contributed by atoms with E-state index in [1.165, 1.54) is 19.3 Å². The molecule has 0 aromatic rings. The van der Waals surface area contributed by atoms with E-state index in [1.54, 1.807) is 0 Å². The zero-order valence-electron chi connectivity index (χ0n) is 12.3. The van der Waals surface area contributed by atoms with E-state index in [-0.39, 0.29) is 18.0 Å². The summed E-state index contributed by atoms with van der Waals surface area (Å²) in [6.45, 7) is 2.74. The number of urea groups is 1. The maximum atomic E-state index is 12.4. The van der Waals surface area contributed by atoms with Gasteiger partial charge in [0.2, 0.25) is 0 Å². The van der Waals surface area contributed by atoms with Crippen LogP contribution in [-0.4, -0.2) is 40.6 Å². The molecule has 2 atom stereocenters. The van der Waals surface area contributed by atoms with Gasteiger partial charge in [0.25, 0.3) is 0 Å². The summed E-state index contributed by atoms with van der Waals surface area (Å²) in [5.74, 6) is -1.02. The van der Waals surface area contributed by atoms with Gasteiger partial charge in [-0.05, 0) is 39.0 Å². The zero-order chi connectivity index (χ0) is 14.5. The van der Waals surface area contributed by atoms with Gasteiger partial charge in [0.05, 0.1) is 5.92 Å². The number of carbonyl (C=O) groups excluding carboxylic acids is 1. The van der Waals surface area contributed by atoms with Crippen LogP contribution in [0.15, 0.2) is 0 Å². The second-order valence-electron chi connectivity index (χ2n) is 6.07. The highest BCUT2D eigenvalue weighted by Gasteiger charge is 2.32. The third-order valence-corrected chi connectivity index (χ3v) is 4.73. The molecule has 0 saturated heterocycles. The van der Waals surface area contributed by atoms with E-state index in [2.05, 4.69) is 5.32 Å². The SMILES string of the molecule is CCN(C(=O)N[C@H]1CC[C@@H](C(=O)O)C1)C1CCCCC1. The Morgan fingerprint density at radius 1 is 1.15 bits per heavy atom. The number of nitrogens with zero attached hydrogens (tertiary/aromatic N) is 1. The summed E-state index contributed by atoms with van der Waals surface area (Å²) in [4.78, 5) is 25.3. The minimum Gasteiger partial charge on any atom is -0.481 e. The van der Waals surface area contributed by atoms with Gasteiger partial charge in [0.1, 0.15) is 0 Å². The first kappa shape index (κ1) is 15.1. The third-order valence-electron chi connectivity index (χ3n) is 4.73. The van der Waals surface area contributed by atoms with Crippen LogP contribution in [0.2, 0.25) is 0 Å². The van der Waals surface area contributed by atoms with Gasteiger partial charge in [0, 0.05) is 18.6 Å². The summed E-state index contributed by atoms with van der Waals surface area (Å²) < 4.78 is 0. The first-order valence-electron chi connectivity index (χ1n) is 7.91. The highest BCUT2D eigenvalue weighted by molar-refractivity contribution is 5.75. The Labute approximate surface area is 120 Å². The molecule has 0 aromatic heterocycles. The van der Waals surface area contributed by atoms with Gasteiger partial charge < -0.3 is 15.3 Å². The molecule has 2 aliphatic rings.